The van der Waals surface area contributed by atoms with Gasteiger partial charge in [-0.3, -0.25) is 25.0 Å². The second-order valence-corrected chi connectivity index (χ2v) is 7.10. The number of nitro benzene ring substituents is 1. The van der Waals surface area contributed by atoms with E-state index < -0.39 is 16.7 Å². The molecule has 1 fully saturated rings. The Morgan fingerprint density at radius 1 is 1.09 bits per heavy atom. The molecule has 2 aromatic carbocycles. The van der Waals surface area contributed by atoms with Crippen LogP contribution in [0, 0.1) is 10.1 Å². The predicted octanol–water partition coefficient (Wildman–Crippen LogP) is 3.23. The topological polar surface area (TPSA) is 107 Å². The Hall–Kier alpha value is -4.31. The Morgan fingerprint density at radius 2 is 1.88 bits per heavy atom. The van der Waals surface area contributed by atoms with Crippen LogP contribution >= 0.6 is 12.2 Å². The second-order valence-electron chi connectivity index (χ2n) is 6.71. The zero-order valence-electron chi connectivity index (χ0n) is 16.7. The number of amides is 2. The lowest BCUT2D eigenvalue weighted by molar-refractivity contribution is -0.384. The van der Waals surface area contributed by atoms with Gasteiger partial charge < -0.3 is 9.30 Å². The summed E-state index contributed by atoms with van der Waals surface area (Å²) in [6.07, 6.45) is 3.10. The van der Waals surface area contributed by atoms with Crippen molar-refractivity contribution in [1.29, 1.82) is 0 Å². The van der Waals surface area contributed by atoms with Crippen molar-refractivity contribution in [1.82, 2.24) is 9.88 Å². The van der Waals surface area contributed by atoms with E-state index >= 15 is 0 Å². The van der Waals surface area contributed by atoms with Crippen molar-refractivity contribution < 1.29 is 19.2 Å². The normalized spacial score (nSPS) is 15.1. The minimum atomic E-state index is -0.641. The van der Waals surface area contributed by atoms with Crippen LogP contribution in [0.1, 0.15) is 5.69 Å². The molecule has 1 aliphatic heterocycles. The third-order valence-electron chi connectivity index (χ3n) is 4.82. The van der Waals surface area contributed by atoms with Gasteiger partial charge in [0.25, 0.3) is 17.5 Å². The molecule has 2 amide bonds. The Labute approximate surface area is 187 Å². The van der Waals surface area contributed by atoms with Gasteiger partial charge in [0.2, 0.25) is 0 Å². The van der Waals surface area contributed by atoms with Crippen molar-refractivity contribution >= 4 is 46.6 Å². The van der Waals surface area contributed by atoms with Crippen molar-refractivity contribution in [3.63, 3.8) is 0 Å². The Kier molecular flexibility index (Phi) is 5.52. The number of nitrogens with zero attached hydrogens (tertiary/aromatic N) is 3. The van der Waals surface area contributed by atoms with Gasteiger partial charge in [-0.15, -0.1) is 0 Å². The van der Waals surface area contributed by atoms with Gasteiger partial charge in [-0.2, -0.15) is 0 Å². The van der Waals surface area contributed by atoms with E-state index in [0.717, 1.165) is 0 Å². The average molecular weight is 448 g/mol. The van der Waals surface area contributed by atoms with Crippen LogP contribution in [0.3, 0.4) is 0 Å². The van der Waals surface area contributed by atoms with Crippen LogP contribution < -0.4 is 15.0 Å². The first-order chi connectivity index (χ1) is 15.4. The molecule has 10 heteroatoms. The molecule has 0 atom stereocenters. The summed E-state index contributed by atoms with van der Waals surface area (Å²) in [6.45, 7) is 0. The van der Waals surface area contributed by atoms with E-state index in [1.165, 1.54) is 30.2 Å². The van der Waals surface area contributed by atoms with Gasteiger partial charge in [0.1, 0.15) is 11.3 Å². The molecule has 1 aliphatic rings. The summed E-state index contributed by atoms with van der Waals surface area (Å²) in [5.41, 5.74) is 1.17. The number of aromatic nitrogens is 1. The number of thiocarbonyl (C=S) groups is 1. The van der Waals surface area contributed by atoms with Crippen molar-refractivity contribution in [3.8, 4) is 11.4 Å². The number of hydrogen-bond acceptors (Lipinski definition) is 6. The summed E-state index contributed by atoms with van der Waals surface area (Å²) in [7, 11) is 1.47. The summed E-state index contributed by atoms with van der Waals surface area (Å²) in [6, 6.07) is 16.2. The number of rotatable bonds is 5. The lowest BCUT2D eigenvalue weighted by Crippen LogP contribution is -2.54. The molecule has 0 unspecified atom stereocenters. The van der Waals surface area contributed by atoms with Gasteiger partial charge in [0.05, 0.1) is 23.4 Å². The van der Waals surface area contributed by atoms with Gasteiger partial charge in [0.15, 0.2) is 5.11 Å². The van der Waals surface area contributed by atoms with Crippen molar-refractivity contribution in [3.05, 3.63) is 88.2 Å². The summed E-state index contributed by atoms with van der Waals surface area (Å²) >= 11 is 5.23. The van der Waals surface area contributed by atoms with Crippen LogP contribution in [0.4, 0.5) is 11.4 Å². The maximum Gasteiger partial charge on any atom is 0.271 e. The number of hydrogen-bond donors (Lipinski definition) is 1. The van der Waals surface area contributed by atoms with Gasteiger partial charge in [-0.05, 0) is 48.6 Å². The third kappa shape index (κ3) is 3.74. The Balaban J connectivity index is 1.77. The molecule has 0 spiro atoms. The summed E-state index contributed by atoms with van der Waals surface area (Å²) in [4.78, 5) is 37.7. The van der Waals surface area contributed by atoms with Crippen LogP contribution in [0.15, 0.2) is 72.4 Å². The zero-order chi connectivity index (χ0) is 22.8. The molecule has 1 aromatic heterocycles. The molecule has 1 N–H and O–H groups in total. The average Bonchev–Trinajstić information content (AvgIpc) is 3.25. The molecule has 160 valence electrons. The highest BCUT2D eigenvalue weighted by atomic mass is 32.1. The molecule has 9 nitrogen and oxygen atoms in total. The van der Waals surface area contributed by atoms with Crippen LogP contribution in [-0.4, -0.2) is 33.5 Å². The van der Waals surface area contributed by atoms with E-state index in [0.29, 0.717) is 22.8 Å². The first-order valence-corrected chi connectivity index (χ1v) is 9.78. The van der Waals surface area contributed by atoms with Crippen LogP contribution in [0.2, 0.25) is 0 Å². The lowest BCUT2D eigenvalue weighted by Gasteiger charge is -2.29. The molecule has 3 aromatic rings. The second kappa shape index (κ2) is 8.44. The molecule has 0 bridgehead atoms. The van der Waals surface area contributed by atoms with Crippen LogP contribution in [-0.2, 0) is 9.59 Å². The van der Waals surface area contributed by atoms with Crippen LogP contribution in [0.5, 0.6) is 5.75 Å². The quantitative estimate of drug-likeness (QED) is 0.211. The number of nitro groups is 1. The molecule has 32 heavy (non-hydrogen) atoms. The first-order valence-electron chi connectivity index (χ1n) is 9.37. The summed E-state index contributed by atoms with van der Waals surface area (Å²) in [5.74, 6) is -0.841. The fourth-order valence-corrected chi connectivity index (χ4v) is 3.62. The number of non-ortho nitro benzene ring substituents is 1. The van der Waals surface area contributed by atoms with Gasteiger partial charge >= 0.3 is 0 Å². The number of methoxy groups -OCH3 is 1. The largest absolute Gasteiger partial charge is 0.495 e. The molecule has 0 aliphatic carbocycles. The van der Waals surface area contributed by atoms with E-state index in [1.807, 2.05) is 0 Å². The number of anilines is 1. The molecular weight excluding hydrogens is 432 g/mol. The standard InChI is InChI=1S/C22H16N4O5S/c1-31-19-10-3-2-9-18(19)25-21(28)17(20(27)23-22(25)32)13-15-8-5-11-24(15)14-6-4-7-16(12-14)26(29)30/h2-13H,1H3,(H,23,27,32)/b17-13+. The summed E-state index contributed by atoms with van der Waals surface area (Å²) in [5, 5.41) is 13.6. The lowest BCUT2D eigenvalue weighted by atomic mass is 10.1. The minimum Gasteiger partial charge on any atom is -0.495 e. The molecule has 0 radical (unpaired) electrons. The van der Waals surface area contributed by atoms with Crippen molar-refractivity contribution in [2.24, 2.45) is 0 Å². The monoisotopic (exact) mass is 448 g/mol. The van der Waals surface area contributed by atoms with E-state index in [4.69, 9.17) is 17.0 Å². The summed E-state index contributed by atoms with van der Waals surface area (Å²) < 4.78 is 6.97. The first kappa shape index (κ1) is 20.9. The number of carbonyl (C=O) groups excluding carboxylic acids is 2. The van der Waals surface area contributed by atoms with Gasteiger partial charge in [-0.25, -0.2) is 4.90 Å². The number of para-hydroxylation sites is 2. The molecule has 0 saturated carbocycles. The van der Waals surface area contributed by atoms with Crippen LogP contribution in [0.25, 0.3) is 11.8 Å². The SMILES string of the molecule is COc1ccccc1N1C(=O)/C(=C/c2cccn2-c2cccc([N+](=O)[O-])c2)C(=O)NC1=S. The van der Waals surface area contributed by atoms with E-state index in [2.05, 4.69) is 5.32 Å². The van der Waals surface area contributed by atoms with Gasteiger partial charge in [0, 0.05) is 24.0 Å². The highest BCUT2D eigenvalue weighted by Crippen LogP contribution is 2.31. The number of nitrogens with one attached hydrogen (secondary N) is 1. The molecule has 1 saturated heterocycles. The van der Waals surface area contributed by atoms with E-state index in [9.17, 15) is 19.7 Å². The molecule has 4 rings (SSSR count). The number of ether oxygens (including phenoxy) is 1. The highest BCUT2D eigenvalue weighted by Gasteiger charge is 2.36. The fourth-order valence-electron chi connectivity index (χ4n) is 3.34. The van der Waals surface area contributed by atoms with E-state index in [-0.39, 0.29) is 16.4 Å². The maximum atomic E-state index is 13.3. The molecular formula is C22H16N4O5S. The van der Waals surface area contributed by atoms with Crippen molar-refractivity contribution in [2.75, 3.05) is 12.0 Å². The Morgan fingerprint density at radius 3 is 2.62 bits per heavy atom. The smallest absolute Gasteiger partial charge is 0.271 e. The maximum absolute atomic E-state index is 13.3. The Bertz CT molecular complexity index is 1300. The zero-order valence-corrected chi connectivity index (χ0v) is 17.5. The highest BCUT2D eigenvalue weighted by molar-refractivity contribution is 7.80. The van der Waals surface area contributed by atoms with E-state index in [1.54, 1.807) is 59.3 Å². The minimum absolute atomic E-state index is 0.0595. The number of carbonyl (C=O) groups is 2. The number of benzene rings is 2. The fraction of sp³-hybridized carbons (Fsp3) is 0.0455. The van der Waals surface area contributed by atoms with Gasteiger partial charge in [-0.1, -0.05) is 18.2 Å². The molecule has 2 heterocycles. The predicted molar refractivity (Wildman–Crippen MR) is 122 cm³/mol. The van der Waals surface area contributed by atoms with Crippen molar-refractivity contribution in [2.45, 2.75) is 0 Å². The third-order valence-corrected chi connectivity index (χ3v) is 5.10.